The number of ether oxygens (including phenoxy) is 1. The van der Waals surface area contributed by atoms with Crippen LogP contribution >= 0.6 is 0 Å². The van der Waals surface area contributed by atoms with Crippen LogP contribution in [-0.2, 0) is 25.5 Å². The van der Waals surface area contributed by atoms with Gasteiger partial charge in [-0.3, -0.25) is 0 Å². The third-order valence-corrected chi connectivity index (χ3v) is 6.89. The van der Waals surface area contributed by atoms with Crippen LogP contribution in [0.3, 0.4) is 0 Å². The van der Waals surface area contributed by atoms with E-state index in [-0.39, 0.29) is 29.0 Å². The molecule has 2 fully saturated rings. The zero-order valence-electron chi connectivity index (χ0n) is 17.8. The molecular weight excluding hydrogens is 384 g/mol. The van der Waals surface area contributed by atoms with Crippen LogP contribution in [0, 0.1) is 5.92 Å². The van der Waals surface area contributed by atoms with E-state index in [1.165, 1.54) is 0 Å². The predicted octanol–water partition coefficient (Wildman–Crippen LogP) is 2.27. The molecule has 164 valence electrons. The average Bonchev–Trinajstić information content (AvgIpc) is 3.30. The average molecular weight is 418 g/mol. The van der Waals surface area contributed by atoms with E-state index < -0.39 is 30.1 Å². The second-order valence-electron chi connectivity index (χ2n) is 8.60. The lowest BCUT2D eigenvalue weighted by Crippen LogP contribution is -2.72. The number of aliphatic carboxylic acids is 1. The predicted molar refractivity (Wildman–Crippen MR) is 111 cm³/mol. The number of carboxylic acid groups (broad SMARTS) is 1. The molecule has 0 bridgehead atoms. The molecule has 1 amide bonds. The van der Waals surface area contributed by atoms with Gasteiger partial charge in [-0.05, 0) is 38.7 Å². The Labute approximate surface area is 177 Å². The standard InChI is InChI=1S/C23H32N2O5/c1-3-30-23(29)19(13-12-16-8-5-4-6-9-16)25(21(26)15(2)24)18-11-7-10-17(18)14-20(25)22(27)28/h4-6,8-9,15,17-20H,3,7,10-14,24H2,1-2H3/p+1/t15-,17-,18-,19?,20-,25?/m0/s1. The molecule has 1 saturated carbocycles. The number of carbonyl (C=O) groups excluding carboxylic acids is 2. The van der Waals surface area contributed by atoms with Gasteiger partial charge in [0.2, 0.25) is 0 Å². The van der Waals surface area contributed by atoms with Crippen molar-refractivity contribution < 1.29 is 28.7 Å². The fraction of sp³-hybridized carbons (Fsp3) is 0.609. The van der Waals surface area contributed by atoms with Crippen LogP contribution in [-0.4, -0.2) is 58.2 Å². The number of fused-ring (bicyclic) bond motifs is 1. The minimum Gasteiger partial charge on any atom is -0.477 e. The van der Waals surface area contributed by atoms with Gasteiger partial charge in [-0.1, -0.05) is 30.3 Å². The van der Waals surface area contributed by atoms with Gasteiger partial charge in [-0.25, -0.2) is 18.9 Å². The highest BCUT2D eigenvalue weighted by atomic mass is 16.5. The van der Waals surface area contributed by atoms with Crippen LogP contribution in [0.25, 0.3) is 0 Å². The summed E-state index contributed by atoms with van der Waals surface area (Å²) in [5.74, 6) is -1.78. The Kier molecular flexibility index (Phi) is 6.93. The first-order valence-corrected chi connectivity index (χ1v) is 10.9. The summed E-state index contributed by atoms with van der Waals surface area (Å²) >= 11 is 0. The van der Waals surface area contributed by atoms with Gasteiger partial charge in [0.1, 0.15) is 12.1 Å². The molecule has 2 unspecified atom stereocenters. The Hall–Kier alpha value is -2.25. The van der Waals surface area contributed by atoms with Crippen LogP contribution in [0.5, 0.6) is 0 Å². The molecule has 7 nitrogen and oxygen atoms in total. The minimum absolute atomic E-state index is 0.113. The van der Waals surface area contributed by atoms with Gasteiger partial charge >= 0.3 is 17.8 Å². The topological polar surface area (TPSA) is 107 Å². The number of carbonyl (C=O) groups is 3. The number of esters is 1. The van der Waals surface area contributed by atoms with Crippen LogP contribution < -0.4 is 5.73 Å². The number of carboxylic acids is 1. The number of rotatable bonds is 8. The molecule has 7 heteroatoms. The molecule has 0 radical (unpaired) electrons. The zero-order chi connectivity index (χ0) is 21.9. The molecule has 1 aromatic rings. The van der Waals surface area contributed by atoms with Gasteiger partial charge in [-0.2, -0.15) is 0 Å². The molecule has 1 aliphatic carbocycles. The van der Waals surface area contributed by atoms with Gasteiger partial charge < -0.3 is 15.6 Å². The van der Waals surface area contributed by atoms with Gasteiger partial charge in [-0.15, -0.1) is 0 Å². The van der Waals surface area contributed by atoms with Crippen molar-refractivity contribution in [1.29, 1.82) is 0 Å². The molecule has 1 saturated heterocycles. The van der Waals surface area contributed by atoms with Crippen LogP contribution in [0.15, 0.2) is 30.3 Å². The summed E-state index contributed by atoms with van der Waals surface area (Å²) < 4.78 is 5.01. The molecule has 3 rings (SSSR count). The van der Waals surface area contributed by atoms with Crippen molar-refractivity contribution in [2.75, 3.05) is 6.61 Å². The highest BCUT2D eigenvalue weighted by Gasteiger charge is 2.68. The van der Waals surface area contributed by atoms with E-state index in [4.69, 9.17) is 10.5 Å². The van der Waals surface area contributed by atoms with Crippen LogP contribution in [0.1, 0.15) is 51.5 Å². The molecule has 3 N–H and O–H groups in total. The van der Waals surface area contributed by atoms with Gasteiger partial charge in [0.05, 0.1) is 6.61 Å². The van der Waals surface area contributed by atoms with E-state index >= 15 is 0 Å². The minimum atomic E-state index is -1.03. The first kappa shape index (κ1) is 22.4. The quantitative estimate of drug-likeness (QED) is 0.496. The number of nitrogens with two attached hydrogens (primary N) is 1. The Morgan fingerprint density at radius 1 is 1.23 bits per heavy atom. The third kappa shape index (κ3) is 3.88. The molecule has 6 atom stereocenters. The SMILES string of the molecule is CCOC(=O)C(CCc1ccccc1)[N+]1(C(=O)[C@H](C)N)[C@H](C(=O)O)C[C@@H]2CCC[C@@H]21. The first-order valence-electron chi connectivity index (χ1n) is 10.9. The lowest BCUT2D eigenvalue weighted by molar-refractivity contribution is -0.899. The van der Waals surface area contributed by atoms with Crippen molar-refractivity contribution in [1.82, 2.24) is 0 Å². The number of hydrogen-bond acceptors (Lipinski definition) is 5. The molecule has 0 aromatic heterocycles. The highest BCUT2D eigenvalue weighted by molar-refractivity contribution is 5.85. The summed E-state index contributed by atoms with van der Waals surface area (Å²) in [7, 11) is 0. The first-order chi connectivity index (χ1) is 14.3. The summed E-state index contributed by atoms with van der Waals surface area (Å²) in [5, 5.41) is 10.1. The molecular formula is C23H33N2O5+. The highest BCUT2D eigenvalue weighted by Crippen LogP contribution is 2.49. The molecule has 30 heavy (non-hydrogen) atoms. The summed E-state index contributed by atoms with van der Waals surface area (Å²) in [5.41, 5.74) is 7.09. The summed E-state index contributed by atoms with van der Waals surface area (Å²) in [4.78, 5) is 39.3. The number of aryl methyl sites for hydroxylation is 1. The Balaban J connectivity index is 2.09. The van der Waals surface area contributed by atoms with Crippen molar-refractivity contribution in [3.05, 3.63) is 35.9 Å². The third-order valence-electron chi connectivity index (χ3n) is 6.89. The lowest BCUT2D eigenvalue weighted by atomic mass is 9.96. The van der Waals surface area contributed by atoms with E-state index in [1.807, 2.05) is 30.3 Å². The van der Waals surface area contributed by atoms with Crippen LogP contribution in [0.2, 0.25) is 0 Å². The monoisotopic (exact) mass is 417 g/mol. The molecule has 1 aromatic carbocycles. The maximum atomic E-state index is 13.7. The van der Waals surface area contributed by atoms with Crippen LogP contribution in [0.4, 0.5) is 0 Å². The van der Waals surface area contributed by atoms with E-state index in [0.29, 0.717) is 19.3 Å². The number of hydrogen-bond donors (Lipinski definition) is 2. The number of amides is 1. The molecule has 0 spiro atoms. The Bertz CT molecular complexity index is 781. The maximum absolute atomic E-state index is 13.7. The van der Waals surface area contributed by atoms with Crippen molar-refractivity contribution >= 4 is 17.8 Å². The zero-order valence-corrected chi connectivity index (χ0v) is 17.8. The van der Waals surface area contributed by atoms with Gasteiger partial charge in [0.25, 0.3) is 0 Å². The van der Waals surface area contributed by atoms with Crippen molar-refractivity contribution in [3.8, 4) is 0 Å². The fourth-order valence-corrected chi connectivity index (χ4v) is 5.79. The second-order valence-corrected chi connectivity index (χ2v) is 8.60. The normalized spacial score (nSPS) is 29.8. The van der Waals surface area contributed by atoms with E-state index in [9.17, 15) is 19.5 Å². The molecule has 1 aliphatic heterocycles. The van der Waals surface area contributed by atoms with E-state index in [1.54, 1.807) is 13.8 Å². The Morgan fingerprint density at radius 2 is 1.93 bits per heavy atom. The largest absolute Gasteiger partial charge is 0.477 e. The summed E-state index contributed by atoms with van der Waals surface area (Å²) in [6.07, 6.45) is 3.85. The fourth-order valence-electron chi connectivity index (χ4n) is 5.79. The lowest BCUT2D eigenvalue weighted by Gasteiger charge is -2.45. The molecule has 1 heterocycles. The van der Waals surface area contributed by atoms with E-state index in [2.05, 4.69) is 0 Å². The second kappa shape index (κ2) is 9.27. The van der Waals surface area contributed by atoms with Crippen molar-refractivity contribution in [2.45, 2.75) is 76.5 Å². The maximum Gasteiger partial charge on any atom is 0.365 e. The van der Waals surface area contributed by atoms with Gasteiger partial charge in [0, 0.05) is 25.2 Å². The smallest absolute Gasteiger partial charge is 0.365 e. The Morgan fingerprint density at radius 3 is 2.53 bits per heavy atom. The number of nitrogens with zero attached hydrogens (tertiary/aromatic N) is 1. The van der Waals surface area contributed by atoms with E-state index in [0.717, 1.165) is 24.8 Å². The number of likely N-dealkylation sites (tertiary alicyclic amines) is 1. The van der Waals surface area contributed by atoms with Gasteiger partial charge in [0.15, 0.2) is 12.1 Å². The summed E-state index contributed by atoms with van der Waals surface area (Å²) in [6, 6.07) is 6.80. The molecule has 2 aliphatic rings. The van der Waals surface area contributed by atoms with Crippen molar-refractivity contribution in [3.63, 3.8) is 0 Å². The summed E-state index contributed by atoms with van der Waals surface area (Å²) in [6.45, 7) is 3.49. The number of quaternary nitrogens is 1. The van der Waals surface area contributed by atoms with Crippen molar-refractivity contribution in [2.24, 2.45) is 11.7 Å². The number of benzene rings is 1.